The minimum Gasteiger partial charge on any atom is -0.384 e. The molecule has 0 bridgehead atoms. The Morgan fingerprint density at radius 1 is 0.569 bits per heavy atom. The van der Waals surface area contributed by atoms with E-state index in [1.54, 1.807) is 0 Å². The summed E-state index contributed by atoms with van der Waals surface area (Å²) in [4.78, 5) is 4.47. The number of nitrogens with one attached hydrogen (secondary N) is 1. The Bertz CT molecular complexity index is 1320. The Labute approximate surface area is 363 Å². The van der Waals surface area contributed by atoms with Gasteiger partial charge >= 0.3 is 0 Å². The van der Waals surface area contributed by atoms with Gasteiger partial charge in [0.15, 0.2) is 0 Å². The van der Waals surface area contributed by atoms with Crippen LogP contribution in [-0.2, 0) is 9.47 Å². The molecule has 4 nitrogen and oxygen atoms in total. The second kappa shape index (κ2) is 40.0. The van der Waals surface area contributed by atoms with Crippen molar-refractivity contribution in [3.05, 3.63) is 84.1 Å². The van der Waals surface area contributed by atoms with Crippen LogP contribution < -0.4 is 5.32 Å². The zero-order chi connectivity index (χ0) is 41.2. The van der Waals surface area contributed by atoms with Gasteiger partial charge in [-0.2, -0.15) is 0 Å². The van der Waals surface area contributed by atoms with Gasteiger partial charge in [-0.25, -0.2) is 0 Å². The largest absolute Gasteiger partial charge is 0.384 e. The van der Waals surface area contributed by atoms with Crippen LogP contribution in [0.15, 0.2) is 79.1 Å². The molecule has 58 heavy (non-hydrogen) atoms. The van der Waals surface area contributed by atoms with Crippen molar-refractivity contribution in [3.63, 3.8) is 0 Å². The third-order valence-corrected chi connectivity index (χ3v) is 11.2. The van der Waals surface area contributed by atoms with Crippen LogP contribution in [0.3, 0.4) is 0 Å². The molecular formula is C53H87ClN2O2. The predicted molar refractivity (Wildman–Crippen MR) is 258 cm³/mol. The number of anilines is 1. The lowest BCUT2D eigenvalue weighted by molar-refractivity contribution is -0.0234. The molecule has 0 saturated heterocycles. The Hall–Kier alpha value is -2.40. The highest BCUT2D eigenvalue weighted by Gasteiger charge is 2.10. The van der Waals surface area contributed by atoms with Gasteiger partial charge in [-0.15, -0.1) is 0 Å². The number of ether oxygens (including phenoxy) is 2. The van der Waals surface area contributed by atoms with Gasteiger partial charge in [0.1, 0.15) is 0 Å². The van der Waals surface area contributed by atoms with Crippen molar-refractivity contribution in [1.82, 2.24) is 4.98 Å². The third-order valence-electron chi connectivity index (χ3n) is 11.0. The monoisotopic (exact) mass is 819 g/mol. The molecule has 5 heteroatoms. The van der Waals surface area contributed by atoms with E-state index < -0.39 is 0 Å². The summed E-state index contributed by atoms with van der Waals surface area (Å²) >= 11 is 6.17. The van der Waals surface area contributed by atoms with E-state index in [1.807, 2.05) is 18.3 Å². The van der Waals surface area contributed by atoms with Crippen LogP contribution >= 0.6 is 11.6 Å². The number of hydrogen-bond donors (Lipinski definition) is 1. The van der Waals surface area contributed by atoms with E-state index in [-0.39, 0.29) is 6.10 Å². The number of hydrogen-bond acceptors (Lipinski definition) is 4. The molecule has 0 aliphatic carbocycles. The van der Waals surface area contributed by atoms with Crippen molar-refractivity contribution in [1.29, 1.82) is 0 Å². The van der Waals surface area contributed by atoms with Crippen molar-refractivity contribution in [3.8, 4) is 0 Å². The lowest BCUT2D eigenvalue weighted by atomic mass is 10.1. The van der Waals surface area contributed by atoms with Crippen LogP contribution in [-0.4, -0.2) is 37.5 Å². The predicted octanol–water partition coefficient (Wildman–Crippen LogP) is 17.3. The third kappa shape index (κ3) is 30.6. The summed E-state index contributed by atoms with van der Waals surface area (Å²) in [5.41, 5.74) is 2.07. The van der Waals surface area contributed by atoms with Crippen LogP contribution in [0.4, 0.5) is 5.69 Å². The Morgan fingerprint density at radius 3 is 1.69 bits per heavy atom. The summed E-state index contributed by atoms with van der Waals surface area (Å²) in [6.07, 6.45) is 57.3. The summed E-state index contributed by atoms with van der Waals surface area (Å²) in [6, 6.07) is 7.98. The molecule has 0 aliphatic heterocycles. The lowest BCUT2D eigenvalue weighted by Crippen LogP contribution is -2.21. The van der Waals surface area contributed by atoms with Gasteiger partial charge < -0.3 is 14.8 Å². The maximum Gasteiger partial charge on any atom is 0.0808 e. The Kier molecular flexibility index (Phi) is 35.7. The van der Waals surface area contributed by atoms with E-state index in [4.69, 9.17) is 21.1 Å². The second-order valence-corrected chi connectivity index (χ2v) is 16.8. The normalized spacial score (nSPS) is 12.7. The molecule has 1 aromatic heterocycles. The quantitative estimate of drug-likeness (QED) is 0.0536. The molecule has 0 saturated carbocycles. The van der Waals surface area contributed by atoms with E-state index in [1.165, 1.54) is 148 Å². The van der Waals surface area contributed by atoms with Gasteiger partial charge in [-0.05, 0) is 114 Å². The van der Waals surface area contributed by atoms with Gasteiger partial charge in [-0.1, -0.05) is 170 Å². The number of benzene rings is 1. The molecule has 2 rings (SSSR count). The van der Waals surface area contributed by atoms with Crippen LogP contribution in [0.1, 0.15) is 200 Å². The van der Waals surface area contributed by atoms with E-state index in [2.05, 4.69) is 84.9 Å². The molecular weight excluding hydrogens is 732 g/mol. The molecule has 1 aromatic carbocycles. The minimum atomic E-state index is 0.218. The fraction of sp³-hybridized carbons (Fsp3) is 0.679. The Morgan fingerprint density at radius 2 is 1.09 bits per heavy atom. The lowest BCUT2D eigenvalue weighted by Gasteiger charge is -2.18. The fourth-order valence-corrected chi connectivity index (χ4v) is 7.48. The van der Waals surface area contributed by atoms with Crippen molar-refractivity contribution >= 4 is 28.2 Å². The number of pyridine rings is 1. The van der Waals surface area contributed by atoms with Crippen molar-refractivity contribution < 1.29 is 9.47 Å². The number of fused-ring (bicyclic) bond motifs is 1. The average molecular weight is 820 g/mol. The molecule has 1 heterocycles. The van der Waals surface area contributed by atoms with Crippen molar-refractivity contribution in [2.24, 2.45) is 0 Å². The van der Waals surface area contributed by atoms with E-state index in [9.17, 15) is 0 Å². The van der Waals surface area contributed by atoms with Crippen LogP contribution in [0.2, 0.25) is 5.02 Å². The summed E-state index contributed by atoms with van der Waals surface area (Å²) in [5.74, 6) is 0. The molecule has 0 fully saturated rings. The molecule has 2 aromatic rings. The first-order valence-corrected chi connectivity index (χ1v) is 24.7. The molecule has 1 unspecified atom stereocenters. The zero-order valence-electron chi connectivity index (χ0n) is 37.6. The topological polar surface area (TPSA) is 43.4 Å². The highest BCUT2D eigenvalue weighted by Crippen LogP contribution is 2.24. The number of nitrogens with zero attached hydrogens (tertiary/aromatic N) is 1. The van der Waals surface area contributed by atoms with Crippen LogP contribution in [0.25, 0.3) is 10.9 Å². The summed E-state index contributed by atoms with van der Waals surface area (Å²) in [5, 5.41) is 5.47. The molecule has 0 amide bonds. The highest BCUT2D eigenvalue weighted by molar-refractivity contribution is 6.31. The number of allylic oxidation sites excluding steroid dienone is 8. The van der Waals surface area contributed by atoms with Gasteiger partial charge in [0.25, 0.3) is 0 Å². The van der Waals surface area contributed by atoms with E-state index in [0.717, 1.165) is 86.5 Å². The Balaban J connectivity index is 1.55. The molecule has 1 N–H and O–H groups in total. The molecule has 0 radical (unpaired) electrons. The van der Waals surface area contributed by atoms with Crippen molar-refractivity contribution in [2.45, 2.75) is 206 Å². The fourth-order valence-electron chi connectivity index (χ4n) is 7.31. The summed E-state index contributed by atoms with van der Waals surface area (Å²) in [7, 11) is 0. The molecule has 0 aliphatic rings. The standard InChI is InChI=1S/C53H87ClN2O2/c1-3-5-7-9-11-13-15-17-19-21-23-25-27-29-33-37-45-57-48-50(58-46-38-34-30-28-26-24-22-20-18-16-14-12-10-8-6-4-2)39-35-31-32-36-43-55-52-42-44-56-53-47-49(54)40-41-51(52)53/h11-14,17-20,40-42,44,47,50H,3-10,15-16,21-39,43,45-46,48H2,1-2H3,(H,55,56)/b13-11-,14-12-,19-17-,20-18-. The van der Waals surface area contributed by atoms with E-state index in [0.29, 0.717) is 0 Å². The maximum absolute atomic E-state index is 6.45. The highest BCUT2D eigenvalue weighted by atomic mass is 35.5. The maximum atomic E-state index is 6.45. The molecule has 1 atom stereocenters. The van der Waals surface area contributed by atoms with Gasteiger partial charge in [0.05, 0.1) is 18.2 Å². The number of halogens is 1. The average Bonchev–Trinajstić information content (AvgIpc) is 3.23. The minimum absolute atomic E-state index is 0.218. The number of rotatable bonds is 41. The smallest absolute Gasteiger partial charge is 0.0808 e. The van der Waals surface area contributed by atoms with Crippen LogP contribution in [0, 0.1) is 0 Å². The van der Waals surface area contributed by atoms with E-state index >= 15 is 0 Å². The van der Waals surface area contributed by atoms with Gasteiger partial charge in [-0.3, -0.25) is 4.98 Å². The van der Waals surface area contributed by atoms with Gasteiger partial charge in [0, 0.05) is 42.1 Å². The van der Waals surface area contributed by atoms with Crippen molar-refractivity contribution in [2.75, 3.05) is 31.7 Å². The first-order chi connectivity index (χ1) is 28.7. The second-order valence-electron chi connectivity index (χ2n) is 16.4. The zero-order valence-corrected chi connectivity index (χ0v) is 38.3. The van der Waals surface area contributed by atoms with Crippen LogP contribution in [0.5, 0.6) is 0 Å². The molecule has 0 spiro atoms. The molecule has 328 valence electrons. The summed E-state index contributed by atoms with van der Waals surface area (Å²) < 4.78 is 12.7. The number of unbranched alkanes of at least 4 members (excludes halogenated alkanes) is 21. The van der Waals surface area contributed by atoms with Gasteiger partial charge in [0.2, 0.25) is 0 Å². The first-order valence-electron chi connectivity index (χ1n) is 24.3. The summed E-state index contributed by atoms with van der Waals surface area (Å²) in [6.45, 7) is 7.96. The number of aromatic nitrogens is 1. The first kappa shape index (κ1) is 51.7. The SMILES string of the molecule is CCCCC/C=C\C/C=C\CCCCCCCCOCC(CCCCCCNc1ccnc2cc(Cl)ccc12)OCCCCCCCC/C=C\C/C=C\CCCCC.